The van der Waals surface area contributed by atoms with Crippen LogP contribution in [-0.4, -0.2) is 47.7 Å². The van der Waals surface area contributed by atoms with Crippen LogP contribution in [0.1, 0.15) is 31.1 Å². The van der Waals surface area contributed by atoms with Gasteiger partial charge in [-0.25, -0.2) is 8.42 Å². The van der Waals surface area contributed by atoms with Crippen molar-refractivity contribution in [2.75, 3.05) is 18.1 Å². The Morgan fingerprint density at radius 2 is 2.08 bits per heavy atom. The molecule has 0 radical (unpaired) electrons. The van der Waals surface area contributed by atoms with E-state index in [1.807, 2.05) is 6.92 Å². The molecular weight excluding hydrogens is 380 g/mol. The van der Waals surface area contributed by atoms with Gasteiger partial charge in [-0.3, -0.25) is 10.1 Å². The Hall–Kier alpha value is -1.49. The average Bonchev–Trinajstić information content (AvgIpc) is 3.01. The van der Waals surface area contributed by atoms with Gasteiger partial charge >= 0.3 is 0 Å². The Morgan fingerprint density at radius 3 is 2.72 bits per heavy atom. The number of thioether (sulfide) groups is 1. The lowest BCUT2D eigenvalue weighted by molar-refractivity contribution is 0.102. The second kappa shape index (κ2) is 8.26. The minimum Gasteiger partial charge on any atom is -0.296 e. The van der Waals surface area contributed by atoms with E-state index in [2.05, 4.69) is 15.5 Å². The van der Waals surface area contributed by atoms with E-state index >= 15 is 0 Å². The first-order chi connectivity index (χ1) is 11.8. The molecule has 0 aliphatic heterocycles. The van der Waals surface area contributed by atoms with Crippen molar-refractivity contribution in [2.45, 2.75) is 36.0 Å². The number of carbonyl (C=O) groups excluding carboxylic acids is 1. The summed E-state index contributed by atoms with van der Waals surface area (Å²) < 4.78 is 27.1. The highest BCUT2D eigenvalue weighted by atomic mass is 32.2. The van der Waals surface area contributed by atoms with Gasteiger partial charge in [-0.15, -0.1) is 10.2 Å². The summed E-state index contributed by atoms with van der Waals surface area (Å²) in [4.78, 5) is 12.5. The number of rotatable bonds is 7. The highest BCUT2D eigenvalue weighted by Crippen LogP contribution is 2.25. The SMILES string of the molecule is CCSc1nnc(NC(=O)c2cccc(S(=O)(=O)N(C)C(C)C)c2)s1. The number of amides is 1. The molecule has 136 valence electrons. The number of hydrogen-bond donors (Lipinski definition) is 1. The maximum atomic E-state index is 12.6. The zero-order valence-electron chi connectivity index (χ0n) is 14.4. The van der Waals surface area contributed by atoms with Gasteiger partial charge in [0.05, 0.1) is 4.90 Å². The molecule has 0 saturated carbocycles. The third-order valence-electron chi connectivity index (χ3n) is 3.40. The standard InChI is InChI=1S/C15H20N4O3S3/c1-5-23-15-18-17-14(24-15)16-13(20)11-7-6-8-12(9-11)25(21,22)19(4)10(2)3/h6-10H,5H2,1-4H3,(H,16,17,20). The molecule has 2 aromatic rings. The van der Waals surface area contributed by atoms with Crippen LogP contribution < -0.4 is 5.32 Å². The number of nitrogens with one attached hydrogen (secondary N) is 1. The largest absolute Gasteiger partial charge is 0.296 e. The Balaban J connectivity index is 2.21. The van der Waals surface area contributed by atoms with E-state index in [0.29, 0.717) is 5.13 Å². The monoisotopic (exact) mass is 400 g/mol. The first-order valence-corrected chi connectivity index (χ1v) is 10.9. The summed E-state index contributed by atoms with van der Waals surface area (Å²) in [5, 5.41) is 10.9. The van der Waals surface area contributed by atoms with Crippen LogP contribution in [0.25, 0.3) is 0 Å². The number of hydrogen-bond acceptors (Lipinski definition) is 7. The van der Waals surface area contributed by atoms with Crippen molar-refractivity contribution in [2.24, 2.45) is 0 Å². The molecule has 0 fully saturated rings. The van der Waals surface area contributed by atoms with Gasteiger partial charge in [-0.05, 0) is 37.8 Å². The quantitative estimate of drug-likeness (QED) is 0.567. The lowest BCUT2D eigenvalue weighted by Crippen LogP contribution is -2.33. The van der Waals surface area contributed by atoms with E-state index in [0.717, 1.165) is 10.1 Å². The van der Waals surface area contributed by atoms with Crippen LogP contribution in [0.15, 0.2) is 33.5 Å². The number of nitrogens with zero attached hydrogens (tertiary/aromatic N) is 3. The predicted molar refractivity (Wildman–Crippen MR) is 101 cm³/mol. The van der Waals surface area contributed by atoms with Crippen LogP contribution >= 0.6 is 23.1 Å². The minimum atomic E-state index is -3.65. The molecule has 25 heavy (non-hydrogen) atoms. The summed E-state index contributed by atoms with van der Waals surface area (Å²) in [6.07, 6.45) is 0. The molecule has 0 unspecified atom stereocenters. The van der Waals surface area contributed by atoms with Crippen molar-refractivity contribution in [3.05, 3.63) is 29.8 Å². The lowest BCUT2D eigenvalue weighted by Gasteiger charge is -2.21. The molecule has 0 saturated heterocycles. The van der Waals surface area contributed by atoms with E-state index in [9.17, 15) is 13.2 Å². The molecule has 1 amide bonds. The van der Waals surface area contributed by atoms with Gasteiger partial charge in [0.1, 0.15) is 0 Å². The first-order valence-electron chi connectivity index (χ1n) is 7.61. The highest BCUT2D eigenvalue weighted by molar-refractivity contribution is 8.01. The van der Waals surface area contributed by atoms with Gasteiger partial charge in [0, 0.05) is 18.7 Å². The van der Waals surface area contributed by atoms with Gasteiger partial charge in [-0.1, -0.05) is 36.1 Å². The first kappa shape index (κ1) is 19.8. The van der Waals surface area contributed by atoms with E-state index in [4.69, 9.17) is 0 Å². The normalized spacial score (nSPS) is 11.9. The fraction of sp³-hybridized carbons (Fsp3) is 0.400. The highest BCUT2D eigenvalue weighted by Gasteiger charge is 2.24. The van der Waals surface area contributed by atoms with E-state index in [1.54, 1.807) is 26.0 Å². The predicted octanol–water partition coefficient (Wildman–Crippen LogP) is 2.93. The van der Waals surface area contributed by atoms with Crippen LogP contribution in [-0.2, 0) is 10.0 Å². The summed E-state index contributed by atoms with van der Waals surface area (Å²) in [5.74, 6) is 0.444. The molecule has 1 aromatic carbocycles. The van der Waals surface area contributed by atoms with Gasteiger partial charge in [-0.2, -0.15) is 4.31 Å². The van der Waals surface area contributed by atoms with Crippen molar-refractivity contribution >= 4 is 44.2 Å². The molecule has 7 nitrogen and oxygen atoms in total. The van der Waals surface area contributed by atoms with E-state index in [-0.39, 0.29) is 16.5 Å². The molecule has 0 aliphatic carbocycles. The molecule has 1 N–H and O–H groups in total. The van der Waals surface area contributed by atoms with Gasteiger partial charge in [0.2, 0.25) is 15.2 Å². The van der Waals surface area contributed by atoms with E-state index in [1.165, 1.54) is 46.6 Å². The van der Waals surface area contributed by atoms with Crippen molar-refractivity contribution in [1.29, 1.82) is 0 Å². The van der Waals surface area contributed by atoms with Crippen LogP contribution in [0.4, 0.5) is 5.13 Å². The van der Waals surface area contributed by atoms with Crippen molar-refractivity contribution in [3.8, 4) is 0 Å². The van der Waals surface area contributed by atoms with Crippen molar-refractivity contribution < 1.29 is 13.2 Å². The fourth-order valence-electron chi connectivity index (χ4n) is 1.85. The summed E-state index contributed by atoms with van der Waals surface area (Å²) in [6, 6.07) is 5.78. The Bertz CT molecular complexity index is 849. The Labute approximate surface area is 155 Å². The van der Waals surface area contributed by atoms with Crippen LogP contribution in [0, 0.1) is 0 Å². The molecule has 1 heterocycles. The lowest BCUT2D eigenvalue weighted by atomic mass is 10.2. The topological polar surface area (TPSA) is 92.3 Å². The van der Waals surface area contributed by atoms with Crippen molar-refractivity contribution in [1.82, 2.24) is 14.5 Å². The molecule has 2 rings (SSSR count). The Kier molecular flexibility index (Phi) is 6.55. The maximum Gasteiger partial charge on any atom is 0.257 e. The zero-order chi connectivity index (χ0) is 18.6. The summed E-state index contributed by atoms with van der Waals surface area (Å²) in [5.41, 5.74) is 0.248. The van der Waals surface area contributed by atoms with Crippen LogP contribution in [0.3, 0.4) is 0 Å². The summed E-state index contributed by atoms with van der Waals surface area (Å²) in [6.45, 7) is 5.58. The van der Waals surface area contributed by atoms with Gasteiger partial charge in [0.15, 0.2) is 4.34 Å². The number of sulfonamides is 1. The van der Waals surface area contributed by atoms with E-state index < -0.39 is 15.9 Å². The molecule has 0 atom stereocenters. The molecule has 1 aromatic heterocycles. The average molecular weight is 401 g/mol. The number of carbonyl (C=O) groups is 1. The number of benzene rings is 1. The second-order valence-corrected chi connectivity index (χ2v) is 9.89. The summed E-state index contributed by atoms with van der Waals surface area (Å²) >= 11 is 2.82. The minimum absolute atomic E-state index is 0.0795. The van der Waals surface area contributed by atoms with Crippen LogP contribution in [0.2, 0.25) is 0 Å². The third kappa shape index (κ3) is 4.78. The molecular formula is C15H20N4O3S3. The second-order valence-electron chi connectivity index (χ2n) is 5.40. The molecule has 0 bridgehead atoms. The van der Waals surface area contributed by atoms with Crippen LogP contribution in [0.5, 0.6) is 0 Å². The molecule has 0 aliphatic rings. The zero-order valence-corrected chi connectivity index (χ0v) is 16.8. The summed E-state index contributed by atoms with van der Waals surface area (Å²) in [7, 11) is -2.13. The smallest absolute Gasteiger partial charge is 0.257 e. The number of aromatic nitrogens is 2. The van der Waals surface area contributed by atoms with Crippen molar-refractivity contribution in [3.63, 3.8) is 0 Å². The molecule has 10 heteroatoms. The fourth-order valence-corrected chi connectivity index (χ4v) is 4.91. The number of anilines is 1. The Morgan fingerprint density at radius 1 is 1.36 bits per heavy atom. The third-order valence-corrected chi connectivity index (χ3v) is 7.28. The molecule has 0 spiro atoms. The van der Waals surface area contributed by atoms with Gasteiger partial charge in [0.25, 0.3) is 5.91 Å². The maximum absolute atomic E-state index is 12.6. The van der Waals surface area contributed by atoms with Gasteiger partial charge < -0.3 is 0 Å².